The summed E-state index contributed by atoms with van der Waals surface area (Å²) in [6.45, 7) is 5.87. The van der Waals surface area contributed by atoms with Crippen molar-refractivity contribution in [2.24, 2.45) is 5.92 Å². The molecule has 0 radical (unpaired) electrons. The van der Waals surface area contributed by atoms with Crippen LogP contribution < -0.4 is 10.2 Å². The molecule has 1 amide bonds. The number of anilines is 2. The second-order valence-electron chi connectivity index (χ2n) is 8.00. The molecule has 2 aromatic rings. The first-order chi connectivity index (χ1) is 14.0. The SMILES string of the molecule is CC1CCc2c(sc(NC(=O)CN3CCN(c4ccc(O)cc4)CC3)c2C#N)C1. The van der Waals surface area contributed by atoms with Crippen molar-refractivity contribution in [3.05, 3.63) is 40.3 Å². The van der Waals surface area contributed by atoms with Crippen LogP contribution in [0.5, 0.6) is 5.75 Å². The summed E-state index contributed by atoms with van der Waals surface area (Å²) in [5, 5.41) is 22.7. The van der Waals surface area contributed by atoms with Crippen LogP contribution in [0.2, 0.25) is 0 Å². The van der Waals surface area contributed by atoms with E-state index >= 15 is 0 Å². The van der Waals surface area contributed by atoms with Gasteiger partial charge in [-0.15, -0.1) is 11.3 Å². The van der Waals surface area contributed by atoms with Gasteiger partial charge >= 0.3 is 0 Å². The largest absolute Gasteiger partial charge is 0.508 e. The van der Waals surface area contributed by atoms with E-state index < -0.39 is 0 Å². The molecule has 1 saturated heterocycles. The Morgan fingerprint density at radius 1 is 1.28 bits per heavy atom. The van der Waals surface area contributed by atoms with Gasteiger partial charge in [0.1, 0.15) is 16.8 Å². The number of benzene rings is 1. The van der Waals surface area contributed by atoms with Crippen LogP contribution in [0, 0.1) is 17.2 Å². The van der Waals surface area contributed by atoms with E-state index in [1.165, 1.54) is 4.88 Å². The second kappa shape index (κ2) is 8.44. The highest BCUT2D eigenvalue weighted by atomic mass is 32.1. The van der Waals surface area contributed by atoms with E-state index in [-0.39, 0.29) is 11.7 Å². The van der Waals surface area contributed by atoms with Crippen molar-refractivity contribution >= 4 is 27.9 Å². The molecule has 1 aliphatic carbocycles. The molecule has 6 nitrogen and oxygen atoms in total. The molecule has 1 unspecified atom stereocenters. The molecule has 1 aromatic heterocycles. The van der Waals surface area contributed by atoms with Gasteiger partial charge in [0.25, 0.3) is 0 Å². The van der Waals surface area contributed by atoms with Crippen molar-refractivity contribution < 1.29 is 9.90 Å². The lowest BCUT2D eigenvalue weighted by Crippen LogP contribution is -2.48. The highest BCUT2D eigenvalue weighted by Crippen LogP contribution is 2.39. The standard InChI is InChI=1S/C22H26N4O2S/c1-15-2-7-18-19(13-23)22(29-20(18)12-15)24-21(28)14-25-8-10-26(11-9-25)16-3-5-17(27)6-4-16/h3-6,15,27H,2,7-12,14H2,1H3,(H,24,28). The van der Waals surface area contributed by atoms with E-state index in [9.17, 15) is 15.2 Å². The van der Waals surface area contributed by atoms with Crippen LogP contribution in [0.25, 0.3) is 0 Å². The van der Waals surface area contributed by atoms with Gasteiger partial charge in [0.2, 0.25) is 5.91 Å². The van der Waals surface area contributed by atoms with Crippen LogP contribution in [0.4, 0.5) is 10.7 Å². The highest BCUT2D eigenvalue weighted by Gasteiger charge is 2.25. The van der Waals surface area contributed by atoms with E-state index in [1.807, 2.05) is 12.1 Å². The quantitative estimate of drug-likeness (QED) is 0.809. The summed E-state index contributed by atoms with van der Waals surface area (Å²) in [5.41, 5.74) is 2.90. The number of nitrogens with zero attached hydrogens (tertiary/aromatic N) is 3. The number of carbonyl (C=O) groups is 1. The zero-order chi connectivity index (χ0) is 20.4. The zero-order valence-corrected chi connectivity index (χ0v) is 17.5. The van der Waals surface area contributed by atoms with Crippen molar-refractivity contribution in [2.75, 3.05) is 42.9 Å². The molecular weight excluding hydrogens is 384 g/mol. The lowest BCUT2D eigenvalue weighted by Gasteiger charge is -2.35. The third-order valence-electron chi connectivity index (χ3n) is 5.83. The minimum Gasteiger partial charge on any atom is -0.508 e. The van der Waals surface area contributed by atoms with Gasteiger partial charge in [0.15, 0.2) is 0 Å². The van der Waals surface area contributed by atoms with Crippen LogP contribution in [0.1, 0.15) is 29.3 Å². The van der Waals surface area contributed by atoms with Gasteiger partial charge < -0.3 is 15.3 Å². The van der Waals surface area contributed by atoms with Gasteiger partial charge in [-0.25, -0.2) is 0 Å². The van der Waals surface area contributed by atoms with Crippen molar-refractivity contribution in [1.82, 2.24) is 4.90 Å². The Bertz CT molecular complexity index is 924. The van der Waals surface area contributed by atoms with E-state index in [0.29, 0.717) is 18.0 Å². The number of fused-ring (bicyclic) bond motifs is 1. The Morgan fingerprint density at radius 3 is 2.69 bits per heavy atom. The molecule has 1 aromatic carbocycles. The first kappa shape index (κ1) is 19.7. The summed E-state index contributed by atoms with van der Waals surface area (Å²) < 4.78 is 0. The number of amides is 1. The first-order valence-electron chi connectivity index (χ1n) is 10.1. The maximum Gasteiger partial charge on any atom is 0.239 e. The maximum atomic E-state index is 12.6. The van der Waals surface area contributed by atoms with Crippen LogP contribution in [-0.4, -0.2) is 48.6 Å². The Labute approximate surface area is 175 Å². The van der Waals surface area contributed by atoms with Crippen molar-refractivity contribution in [1.29, 1.82) is 5.26 Å². The molecule has 2 N–H and O–H groups in total. The molecule has 152 valence electrons. The number of nitrogens with one attached hydrogen (secondary N) is 1. The Morgan fingerprint density at radius 2 is 2.00 bits per heavy atom. The molecule has 2 aliphatic rings. The van der Waals surface area contributed by atoms with Crippen molar-refractivity contribution in [3.8, 4) is 11.8 Å². The predicted octanol–water partition coefficient (Wildman–Crippen LogP) is 3.21. The topological polar surface area (TPSA) is 79.6 Å². The number of aromatic hydroxyl groups is 1. The van der Waals surface area contributed by atoms with Gasteiger partial charge in [-0.1, -0.05) is 6.92 Å². The molecule has 4 rings (SSSR count). The van der Waals surface area contributed by atoms with Crippen LogP contribution >= 0.6 is 11.3 Å². The molecule has 2 heterocycles. The van der Waals surface area contributed by atoms with Gasteiger partial charge in [-0.05, 0) is 55.0 Å². The zero-order valence-electron chi connectivity index (χ0n) is 16.6. The average molecular weight is 411 g/mol. The third kappa shape index (κ3) is 4.39. The number of thiophene rings is 1. The number of hydrogen-bond acceptors (Lipinski definition) is 6. The number of carbonyl (C=O) groups excluding carboxylic acids is 1. The lowest BCUT2D eigenvalue weighted by atomic mass is 9.89. The fourth-order valence-electron chi connectivity index (χ4n) is 4.15. The fraction of sp³-hybridized carbons (Fsp3) is 0.455. The molecule has 1 aliphatic heterocycles. The normalized spacial score (nSPS) is 19.4. The molecule has 0 spiro atoms. The van der Waals surface area contributed by atoms with E-state index in [4.69, 9.17) is 0 Å². The van der Waals surface area contributed by atoms with Crippen LogP contribution in [0.15, 0.2) is 24.3 Å². The summed E-state index contributed by atoms with van der Waals surface area (Å²) in [6, 6.07) is 9.54. The van der Waals surface area contributed by atoms with Gasteiger partial charge in [0.05, 0.1) is 12.1 Å². The number of hydrogen-bond donors (Lipinski definition) is 2. The van der Waals surface area contributed by atoms with Crippen molar-refractivity contribution in [3.63, 3.8) is 0 Å². The van der Waals surface area contributed by atoms with Crippen LogP contribution in [0.3, 0.4) is 0 Å². The molecule has 1 fully saturated rings. The van der Waals surface area contributed by atoms with Gasteiger partial charge in [-0.3, -0.25) is 9.69 Å². The molecule has 0 saturated carbocycles. The minimum atomic E-state index is -0.0498. The summed E-state index contributed by atoms with van der Waals surface area (Å²) in [6.07, 6.45) is 3.05. The predicted molar refractivity (Wildman–Crippen MR) is 116 cm³/mol. The number of nitriles is 1. The summed E-state index contributed by atoms with van der Waals surface area (Å²) in [4.78, 5) is 18.3. The second-order valence-corrected chi connectivity index (χ2v) is 9.10. The number of piperazine rings is 1. The average Bonchev–Trinajstić information content (AvgIpc) is 3.05. The molecule has 1 atom stereocenters. The molecule has 7 heteroatoms. The van der Waals surface area contributed by atoms with Gasteiger partial charge in [0, 0.05) is 36.7 Å². The Balaban J connectivity index is 1.33. The van der Waals surface area contributed by atoms with E-state index in [2.05, 4.69) is 28.1 Å². The molecule has 0 bridgehead atoms. The monoisotopic (exact) mass is 410 g/mol. The van der Waals surface area contributed by atoms with Gasteiger partial charge in [-0.2, -0.15) is 5.26 Å². The first-order valence-corrected chi connectivity index (χ1v) is 11.0. The molecule has 29 heavy (non-hydrogen) atoms. The van der Waals surface area contributed by atoms with E-state index in [1.54, 1.807) is 23.5 Å². The van der Waals surface area contributed by atoms with Crippen molar-refractivity contribution in [2.45, 2.75) is 26.2 Å². The number of rotatable bonds is 4. The molecular formula is C22H26N4O2S. The van der Waals surface area contributed by atoms with E-state index in [0.717, 1.165) is 61.7 Å². The number of phenols is 1. The maximum absolute atomic E-state index is 12.6. The summed E-state index contributed by atoms with van der Waals surface area (Å²) >= 11 is 1.58. The van der Waals surface area contributed by atoms with Crippen LogP contribution in [-0.2, 0) is 17.6 Å². The third-order valence-corrected chi connectivity index (χ3v) is 7.00. The Kier molecular flexibility index (Phi) is 5.74. The lowest BCUT2D eigenvalue weighted by molar-refractivity contribution is -0.117. The smallest absolute Gasteiger partial charge is 0.239 e. The number of phenolic OH excluding ortho intramolecular Hbond substituents is 1. The fourth-order valence-corrected chi connectivity index (χ4v) is 5.53. The highest BCUT2D eigenvalue weighted by molar-refractivity contribution is 7.16. The summed E-state index contributed by atoms with van der Waals surface area (Å²) in [5.74, 6) is 0.859. The summed E-state index contributed by atoms with van der Waals surface area (Å²) in [7, 11) is 0. The Hall–Kier alpha value is -2.56. The minimum absolute atomic E-state index is 0.0498.